The summed E-state index contributed by atoms with van der Waals surface area (Å²) >= 11 is 4.84. The maximum absolute atomic E-state index is 12.1. The molecule has 0 unspecified atom stereocenters. The van der Waals surface area contributed by atoms with Gasteiger partial charge in [-0.05, 0) is 50.2 Å². The average Bonchev–Trinajstić information content (AvgIpc) is 2.83. The van der Waals surface area contributed by atoms with Crippen LogP contribution in [0.1, 0.15) is 16.7 Å². The van der Waals surface area contributed by atoms with Gasteiger partial charge in [-0.25, -0.2) is 0 Å². The lowest BCUT2D eigenvalue weighted by atomic mass is 10.3. The standard InChI is InChI=1S/C13H13BrN2O2S2/c1-9-3-8-13(19-9)10(2)15-16-20(17,18)12-6-4-11(14)5-7-12/h3-8,16H,1-2H3/b15-10-. The summed E-state index contributed by atoms with van der Waals surface area (Å²) in [5.74, 6) is 0. The number of halogens is 1. The van der Waals surface area contributed by atoms with Crippen molar-refractivity contribution in [2.75, 3.05) is 0 Å². The molecule has 2 rings (SSSR count). The molecule has 0 radical (unpaired) electrons. The molecule has 106 valence electrons. The Labute approximate surface area is 130 Å². The summed E-state index contributed by atoms with van der Waals surface area (Å²) < 4.78 is 24.9. The first-order valence-corrected chi connectivity index (χ1v) is 8.86. The van der Waals surface area contributed by atoms with Crippen LogP contribution >= 0.6 is 27.3 Å². The van der Waals surface area contributed by atoms with Gasteiger partial charge in [0.2, 0.25) is 0 Å². The van der Waals surface area contributed by atoms with Gasteiger partial charge in [-0.2, -0.15) is 18.4 Å². The summed E-state index contributed by atoms with van der Waals surface area (Å²) in [7, 11) is -3.63. The SMILES string of the molecule is C/C(=N/NS(=O)(=O)c1ccc(Br)cc1)c1ccc(C)s1. The second kappa shape index (κ2) is 6.07. The van der Waals surface area contributed by atoms with Gasteiger partial charge in [0.15, 0.2) is 0 Å². The molecule has 0 bridgehead atoms. The molecule has 1 aromatic carbocycles. The van der Waals surface area contributed by atoms with E-state index in [-0.39, 0.29) is 4.90 Å². The Morgan fingerprint density at radius 2 is 1.85 bits per heavy atom. The van der Waals surface area contributed by atoms with Crippen molar-refractivity contribution in [3.8, 4) is 0 Å². The van der Waals surface area contributed by atoms with E-state index < -0.39 is 10.0 Å². The van der Waals surface area contributed by atoms with Gasteiger partial charge in [-0.3, -0.25) is 0 Å². The van der Waals surface area contributed by atoms with Crippen LogP contribution in [0.4, 0.5) is 0 Å². The summed E-state index contributed by atoms with van der Waals surface area (Å²) in [5.41, 5.74) is 0.642. The monoisotopic (exact) mass is 372 g/mol. The quantitative estimate of drug-likeness (QED) is 0.659. The van der Waals surface area contributed by atoms with E-state index in [9.17, 15) is 8.42 Å². The lowest BCUT2D eigenvalue weighted by Crippen LogP contribution is -2.19. The van der Waals surface area contributed by atoms with E-state index in [1.54, 1.807) is 30.4 Å². The number of benzene rings is 1. The van der Waals surface area contributed by atoms with Gasteiger partial charge in [-0.1, -0.05) is 15.9 Å². The number of hydrazone groups is 1. The highest BCUT2D eigenvalue weighted by molar-refractivity contribution is 9.10. The maximum Gasteiger partial charge on any atom is 0.276 e. The molecular weight excluding hydrogens is 360 g/mol. The summed E-state index contributed by atoms with van der Waals surface area (Å²) in [6.07, 6.45) is 0. The molecule has 0 aliphatic heterocycles. The number of nitrogens with one attached hydrogen (secondary N) is 1. The Kier molecular flexibility index (Phi) is 4.62. The highest BCUT2D eigenvalue weighted by Crippen LogP contribution is 2.17. The number of nitrogens with zero attached hydrogens (tertiary/aromatic N) is 1. The van der Waals surface area contributed by atoms with E-state index in [4.69, 9.17) is 0 Å². The van der Waals surface area contributed by atoms with Gasteiger partial charge in [0.25, 0.3) is 10.0 Å². The van der Waals surface area contributed by atoms with E-state index >= 15 is 0 Å². The minimum atomic E-state index is -3.63. The Morgan fingerprint density at radius 1 is 1.20 bits per heavy atom. The van der Waals surface area contributed by atoms with Crippen LogP contribution in [-0.4, -0.2) is 14.1 Å². The molecule has 7 heteroatoms. The van der Waals surface area contributed by atoms with E-state index in [2.05, 4.69) is 25.9 Å². The molecule has 0 saturated carbocycles. The molecule has 4 nitrogen and oxygen atoms in total. The number of rotatable bonds is 4. The summed E-state index contributed by atoms with van der Waals surface area (Å²) in [5, 5.41) is 3.96. The van der Waals surface area contributed by atoms with Crippen LogP contribution in [0.5, 0.6) is 0 Å². The summed E-state index contributed by atoms with van der Waals surface area (Å²) in [6.45, 7) is 3.77. The Balaban J connectivity index is 2.18. The van der Waals surface area contributed by atoms with Crippen molar-refractivity contribution in [3.05, 3.63) is 50.6 Å². The van der Waals surface area contributed by atoms with Crippen LogP contribution in [-0.2, 0) is 10.0 Å². The molecular formula is C13H13BrN2O2S2. The third kappa shape index (κ3) is 3.68. The molecule has 20 heavy (non-hydrogen) atoms. The molecule has 1 N–H and O–H groups in total. The molecule has 0 fully saturated rings. The fourth-order valence-corrected chi connectivity index (χ4v) is 3.41. The van der Waals surface area contributed by atoms with Gasteiger partial charge in [0, 0.05) is 9.35 Å². The minimum absolute atomic E-state index is 0.180. The maximum atomic E-state index is 12.1. The molecule has 0 aliphatic carbocycles. The summed E-state index contributed by atoms with van der Waals surface area (Å²) in [6, 6.07) is 10.3. The Morgan fingerprint density at radius 3 is 2.40 bits per heavy atom. The van der Waals surface area contributed by atoms with E-state index in [1.165, 1.54) is 12.1 Å². The zero-order valence-corrected chi connectivity index (χ0v) is 14.1. The van der Waals surface area contributed by atoms with Crippen LogP contribution in [0.25, 0.3) is 0 Å². The van der Waals surface area contributed by atoms with E-state index in [1.807, 2.05) is 19.1 Å². The molecule has 0 atom stereocenters. The molecule has 1 aromatic heterocycles. The first kappa shape index (κ1) is 15.2. The molecule has 0 saturated heterocycles. The lowest BCUT2D eigenvalue weighted by Gasteiger charge is -2.04. The van der Waals surface area contributed by atoms with Crippen molar-refractivity contribution in [3.63, 3.8) is 0 Å². The van der Waals surface area contributed by atoms with Crippen LogP contribution < -0.4 is 4.83 Å². The van der Waals surface area contributed by atoms with Gasteiger partial charge >= 0.3 is 0 Å². The number of hydrogen-bond acceptors (Lipinski definition) is 4. The smallest absolute Gasteiger partial charge is 0.200 e. The van der Waals surface area contributed by atoms with Crippen molar-refractivity contribution in [1.82, 2.24) is 4.83 Å². The number of aryl methyl sites for hydroxylation is 1. The van der Waals surface area contributed by atoms with Gasteiger partial charge in [0.1, 0.15) is 0 Å². The predicted molar refractivity (Wildman–Crippen MR) is 85.7 cm³/mol. The number of sulfonamides is 1. The second-order valence-electron chi connectivity index (χ2n) is 4.16. The average molecular weight is 373 g/mol. The van der Waals surface area contributed by atoms with Crippen LogP contribution in [0.2, 0.25) is 0 Å². The molecule has 1 heterocycles. The van der Waals surface area contributed by atoms with Gasteiger partial charge < -0.3 is 0 Å². The fraction of sp³-hybridized carbons (Fsp3) is 0.154. The Hall–Kier alpha value is -1.18. The normalized spacial score (nSPS) is 12.4. The molecule has 0 spiro atoms. The minimum Gasteiger partial charge on any atom is -0.200 e. The van der Waals surface area contributed by atoms with Crippen molar-refractivity contribution in [1.29, 1.82) is 0 Å². The molecule has 0 amide bonds. The van der Waals surface area contributed by atoms with Crippen molar-refractivity contribution in [2.24, 2.45) is 5.10 Å². The van der Waals surface area contributed by atoms with E-state index in [0.29, 0.717) is 5.71 Å². The van der Waals surface area contributed by atoms with E-state index in [0.717, 1.165) is 14.2 Å². The highest BCUT2D eigenvalue weighted by atomic mass is 79.9. The Bertz CT molecular complexity index is 734. The topological polar surface area (TPSA) is 58.5 Å². The molecule has 2 aromatic rings. The highest BCUT2D eigenvalue weighted by Gasteiger charge is 2.12. The number of thiophene rings is 1. The van der Waals surface area contributed by atoms with Crippen molar-refractivity contribution in [2.45, 2.75) is 18.7 Å². The zero-order chi connectivity index (χ0) is 14.8. The van der Waals surface area contributed by atoms with Crippen molar-refractivity contribution >= 4 is 43.0 Å². The zero-order valence-electron chi connectivity index (χ0n) is 10.9. The summed E-state index contributed by atoms with van der Waals surface area (Å²) in [4.78, 5) is 4.54. The van der Waals surface area contributed by atoms with Crippen LogP contribution in [0, 0.1) is 6.92 Å². The number of hydrogen-bond donors (Lipinski definition) is 1. The molecule has 0 aliphatic rings. The van der Waals surface area contributed by atoms with Crippen LogP contribution in [0.3, 0.4) is 0 Å². The van der Waals surface area contributed by atoms with Crippen molar-refractivity contribution < 1.29 is 8.42 Å². The van der Waals surface area contributed by atoms with Crippen LogP contribution in [0.15, 0.2) is 50.9 Å². The van der Waals surface area contributed by atoms with Gasteiger partial charge in [-0.15, -0.1) is 11.3 Å². The third-order valence-electron chi connectivity index (χ3n) is 2.55. The lowest BCUT2D eigenvalue weighted by molar-refractivity contribution is 0.584. The second-order valence-corrected chi connectivity index (χ2v) is 8.02. The largest absolute Gasteiger partial charge is 0.276 e. The van der Waals surface area contributed by atoms with Gasteiger partial charge in [0.05, 0.1) is 15.5 Å². The fourth-order valence-electron chi connectivity index (χ4n) is 1.48. The first-order chi connectivity index (χ1) is 9.38. The third-order valence-corrected chi connectivity index (χ3v) is 5.42. The first-order valence-electron chi connectivity index (χ1n) is 5.77. The predicted octanol–water partition coefficient (Wildman–Crippen LogP) is 3.52.